The van der Waals surface area contributed by atoms with Crippen LogP contribution < -0.4 is 20.1 Å². The fourth-order valence-electron chi connectivity index (χ4n) is 1.93. The van der Waals surface area contributed by atoms with Gasteiger partial charge in [-0.05, 0) is 12.1 Å². The predicted octanol–water partition coefficient (Wildman–Crippen LogP) is 4.06. The highest BCUT2D eigenvalue weighted by molar-refractivity contribution is 6.33. The van der Waals surface area contributed by atoms with Crippen molar-refractivity contribution in [3.8, 4) is 11.5 Å². The number of carbonyl (C=O) groups is 1. The first-order valence-corrected chi connectivity index (χ1v) is 7.50. The third kappa shape index (κ3) is 4.43. The third-order valence-electron chi connectivity index (χ3n) is 3.06. The highest BCUT2D eigenvalue weighted by Gasteiger charge is 2.12. The molecule has 0 aliphatic rings. The van der Waals surface area contributed by atoms with Crippen LogP contribution in [-0.2, 0) is 4.79 Å². The lowest BCUT2D eigenvalue weighted by atomic mass is 10.2. The van der Waals surface area contributed by atoms with Crippen molar-refractivity contribution < 1.29 is 14.3 Å². The van der Waals surface area contributed by atoms with Gasteiger partial charge in [0.2, 0.25) is 5.91 Å². The second-order valence-electron chi connectivity index (χ2n) is 4.57. The van der Waals surface area contributed by atoms with Gasteiger partial charge in [0, 0.05) is 12.1 Å². The number of amides is 1. The number of hydrogen-bond donors (Lipinski definition) is 2. The van der Waals surface area contributed by atoms with Crippen LogP contribution in [0.5, 0.6) is 11.5 Å². The van der Waals surface area contributed by atoms with Crippen molar-refractivity contribution >= 4 is 40.5 Å². The summed E-state index contributed by atoms with van der Waals surface area (Å²) in [6, 6.07) is 10.4. The van der Waals surface area contributed by atoms with E-state index in [1.165, 1.54) is 14.2 Å². The molecule has 0 aromatic heterocycles. The van der Waals surface area contributed by atoms with Crippen molar-refractivity contribution in [3.63, 3.8) is 0 Å². The van der Waals surface area contributed by atoms with Gasteiger partial charge in [0.15, 0.2) is 0 Å². The maximum absolute atomic E-state index is 12.1. The molecule has 0 radical (unpaired) electrons. The number of para-hydroxylation sites is 1. The molecule has 0 atom stereocenters. The van der Waals surface area contributed by atoms with E-state index in [0.717, 1.165) is 0 Å². The summed E-state index contributed by atoms with van der Waals surface area (Å²) in [6.07, 6.45) is 0. The minimum atomic E-state index is -0.257. The Balaban J connectivity index is 2.06. The van der Waals surface area contributed by atoms with Crippen LogP contribution in [0.3, 0.4) is 0 Å². The van der Waals surface area contributed by atoms with Gasteiger partial charge in [0.05, 0.1) is 42.2 Å². The summed E-state index contributed by atoms with van der Waals surface area (Å²) < 4.78 is 10.4. The maximum atomic E-state index is 12.1. The number of benzene rings is 2. The Morgan fingerprint density at radius 3 is 2.35 bits per heavy atom. The van der Waals surface area contributed by atoms with Gasteiger partial charge < -0.3 is 20.1 Å². The quantitative estimate of drug-likeness (QED) is 0.820. The Kier molecular flexibility index (Phi) is 5.96. The number of rotatable bonds is 6. The molecule has 7 heteroatoms. The van der Waals surface area contributed by atoms with E-state index >= 15 is 0 Å². The number of hydrogen-bond acceptors (Lipinski definition) is 4. The first kappa shape index (κ1) is 17.2. The lowest BCUT2D eigenvalue weighted by Crippen LogP contribution is -2.22. The minimum Gasteiger partial charge on any atom is -0.495 e. The molecule has 2 aromatic rings. The van der Waals surface area contributed by atoms with E-state index < -0.39 is 0 Å². The number of halogens is 2. The molecule has 5 nitrogen and oxygen atoms in total. The molecule has 0 heterocycles. The highest BCUT2D eigenvalue weighted by Crippen LogP contribution is 2.35. The lowest BCUT2D eigenvalue weighted by molar-refractivity contribution is -0.114. The number of ether oxygens (including phenoxy) is 2. The average Bonchev–Trinajstić information content (AvgIpc) is 2.55. The molecule has 0 spiro atoms. The summed E-state index contributed by atoms with van der Waals surface area (Å²) in [7, 11) is 2.99. The summed E-state index contributed by atoms with van der Waals surface area (Å²) in [5.41, 5.74) is 1.16. The molecular formula is C16H16Cl2N2O3. The van der Waals surface area contributed by atoms with Crippen LogP contribution in [0.4, 0.5) is 11.4 Å². The van der Waals surface area contributed by atoms with Crippen molar-refractivity contribution in [3.05, 3.63) is 46.4 Å². The SMILES string of the molecule is COc1cc(NC(=O)CNc2ccccc2Cl)c(OC)cc1Cl. The van der Waals surface area contributed by atoms with Gasteiger partial charge in [-0.2, -0.15) is 0 Å². The lowest BCUT2D eigenvalue weighted by Gasteiger charge is -2.14. The Hall–Kier alpha value is -2.11. The molecule has 122 valence electrons. The zero-order chi connectivity index (χ0) is 16.8. The zero-order valence-electron chi connectivity index (χ0n) is 12.7. The monoisotopic (exact) mass is 354 g/mol. The smallest absolute Gasteiger partial charge is 0.243 e. The summed E-state index contributed by atoms with van der Waals surface area (Å²) in [4.78, 5) is 12.1. The van der Waals surface area contributed by atoms with Gasteiger partial charge in [0.1, 0.15) is 11.5 Å². The number of nitrogens with one attached hydrogen (secondary N) is 2. The average molecular weight is 355 g/mol. The molecule has 2 aromatic carbocycles. The molecule has 0 fully saturated rings. The minimum absolute atomic E-state index is 0.0534. The molecule has 0 saturated heterocycles. The van der Waals surface area contributed by atoms with Crippen molar-refractivity contribution in [2.75, 3.05) is 31.4 Å². The summed E-state index contributed by atoms with van der Waals surface area (Å²) >= 11 is 12.1. The molecular weight excluding hydrogens is 339 g/mol. The molecule has 0 bridgehead atoms. The van der Waals surface area contributed by atoms with Crippen molar-refractivity contribution in [1.82, 2.24) is 0 Å². The predicted molar refractivity (Wildman–Crippen MR) is 93.1 cm³/mol. The van der Waals surface area contributed by atoms with E-state index in [2.05, 4.69) is 10.6 Å². The van der Waals surface area contributed by atoms with Gasteiger partial charge in [-0.1, -0.05) is 35.3 Å². The fourth-order valence-corrected chi connectivity index (χ4v) is 2.37. The van der Waals surface area contributed by atoms with Crippen LogP contribution in [-0.4, -0.2) is 26.7 Å². The first-order valence-electron chi connectivity index (χ1n) is 6.75. The van der Waals surface area contributed by atoms with Crippen molar-refractivity contribution in [2.45, 2.75) is 0 Å². The van der Waals surface area contributed by atoms with Gasteiger partial charge in [0.25, 0.3) is 0 Å². The van der Waals surface area contributed by atoms with Crippen LogP contribution in [0, 0.1) is 0 Å². The van der Waals surface area contributed by atoms with Crippen LogP contribution in [0.25, 0.3) is 0 Å². The molecule has 0 saturated carbocycles. The Morgan fingerprint density at radius 1 is 1.00 bits per heavy atom. The second-order valence-corrected chi connectivity index (χ2v) is 5.38. The molecule has 2 N–H and O–H groups in total. The van der Waals surface area contributed by atoms with Gasteiger partial charge in [-0.25, -0.2) is 0 Å². The van der Waals surface area contributed by atoms with Crippen LogP contribution >= 0.6 is 23.2 Å². The van der Waals surface area contributed by atoms with Gasteiger partial charge in [-0.15, -0.1) is 0 Å². The molecule has 0 aliphatic heterocycles. The first-order chi connectivity index (χ1) is 11.0. The Bertz CT molecular complexity index is 708. The van der Waals surface area contributed by atoms with E-state index in [9.17, 15) is 4.79 Å². The van der Waals surface area contributed by atoms with Gasteiger partial charge >= 0.3 is 0 Å². The highest BCUT2D eigenvalue weighted by atomic mass is 35.5. The third-order valence-corrected chi connectivity index (χ3v) is 3.69. The second kappa shape index (κ2) is 7.94. The fraction of sp³-hybridized carbons (Fsp3) is 0.188. The summed E-state index contributed by atoms with van der Waals surface area (Å²) in [5, 5.41) is 6.66. The van der Waals surface area contributed by atoms with E-state index in [4.69, 9.17) is 32.7 Å². The number of carbonyl (C=O) groups excluding carboxylic acids is 1. The topological polar surface area (TPSA) is 59.6 Å². The molecule has 1 amide bonds. The van der Waals surface area contributed by atoms with Crippen LogP contribution in [0.2, 0.25) is 10.0 Å². The standard InChI is InChI=1S/C16H16Cl2N2O3/c1-22-14-8-13(15(23-2)7-11(14)18)20-16(21)9-19-12-6-4-3-5-10(12)17/h3-8,19H,9H2,1-2H3,(H,20,21). The largest absolute Gasteiger partial charge is 0.495 e. The summed E-state index contributed by atoms with van der Waals surface area (Å²) in [6.45, 7) is 0.0534. The summed E-state index contributed by atoms with van der Waals surface area (Å²) in [5.74, 6) is 0.635. The molecule has 0 aliphatic carbocycles. The Morgan fingerprint density at radius 2 is 1.70 bits per heavy atom. The van der Waals surface area contributed by atoms with E-state index in [0.29, 0.717) is 32.9 Å². The Labute approximate surface area is 144 Å². The normalized spacial score (nSPS) is 10.1. The molecule has 23 heavy (non-hydrogen) atoms. The van der Waals surface area contributed by atoms with Crippen LogP contribution in [0.1, 0.15) is 0 Å². The zero-order valence-corrected chi connectivity index (χ0v) is 14.2. The molecule has 2 rings (SSSR count). The molecule has 0 unspecified atom stereocenters. The van der Waals surface area contributed by atoms with Crippen LogP contribution in [0.15, 0.2) is 36.4 Å². The van der Waals surface area contributed by atoms with E-state index in [1.807, 2.05) is 12.1 Å². The maximum Gasteiger partial charge on any atom is 0.243 e. The van der Waals surface area contributed by atoms with Crippen molar-refractivity contribution in [1.29, 1.82) is 0 Å². The van der Waals surface area contributed by atoms with Crippen molar-refractivity contribution in [2.24, 2.45) is 0 Å². The number of methoxy groups -OCH3 is 2. The van der Waals surface area contributed by atoms with E-state index in [-0.39, 0.29) is 12.5 Å². The number of anilines is 2. The van der Waals surface area contributed by atoms with E-state index in [1.54, 1.807) is 24.3 Å². The van der Waals surface area contributed by atoms with Gasteiger partial charge in [-0.3, -0.25) is 4.79 Å².